The Balaban J connectivity index is 2.32. The Hall–Kier alpha value is -1.90. The van der Waals surface area contributed by atoms with E-state index in [1.54, 1.807) is 22.9 Å². The fourth-order valence-corrected chi connectivity index (χ4v) is 3.19. The number of nitrogens with zero attached hydrogens (tertiary/aromatic N) is 3. The summed E-state index contributed by atoms with van der Waals surface area (Å²) >= 11 is 0. The van der Waals surface area contributed by atoms with Gasteiger partial charge in [-0.15, -0.1) is 0 Å². The maximum absolute atomic E-state index is 12.3. The summed E-state index contributed by atoms with van der Waals surface area (Å²) in [5.41, 5.74) is 7.47. The van der Waals surface area contributed by atoms with Crippen LogP contribution in [0.2, 0.25) is 0 Å². The summed E-state index contributed by atoms with van der Waals surface area (Å²) in [6.45, 7) is 1.81. The van der Waals surface area contributed by atoms with Crippen LogP contribution in [-0.4, -0.2) is 47.8 Å². The van der Waals surface area contributed by atoms with E-state index in [4.69, 9.17) is 10.8 Å². The number of aliphatic hydroxyl groups is 1. The van der Waals surface area contributed by atoms with Crippen molar-refractivity contribution in [3.8, 4) is 5.69 Å². The predicted molar refractivity (Wildman–Crippen MR) is 84.3 cm³/mol. The molecule has 0 saturated heterocycles. The maximum Gasteiger partial charge on any atom is 0.242 e. The lowest BCUT2D eigenvalue weighted by Crippen LogP contribution is -2.29. The van der Waals surface area contributed by atoms with Gasteiger partial charge in [-0.05, 0) is 30.7 Å². The molecule has 2 rings (SSSR count). The highest BCUT2D eigenvalue weighted by molar-refractivity contribution is 7.89. The van der Waals surface area contributed by atoms with E-state index in [0.29, 0.717) is 11.5 Å². The molecule has 0 amide bonds. The molecule has 0 spiro atoms. The van der Waals surface area contributed by atoms with Crippen LogP contribution < -0.4 is 5.73 Å². The summed E-state index contributed by atoms with van der Waals surface area (Å²) in [6, 6.07) is 8.11. The monoisotopic (exact) mass is 324 g/mol. The Morgan fingerprint density at radius 1 is 1.32 bits per heavy atom. The van der Waals surface area contributed by atoms with Gasteiger partial charge in [-0.1, -0.05) is 6.92 Å². The predicted octanol–water partition coefficient (Wildman–Crippen LogP) is 0.630. The Morgan fingerprint density at radius 3 is 2.45 bits per heavy atom. The summed E-state index contributed by atoms with van der Waals surface area (Å²) in [5, 5.41) is 13.2. The molecule has 22 heavy (non-hydrogen) atoms. The first-order valence-corrected chi connectivity index (χ1v) is 8.36. The van der Waals surface area contributed by atoms with Crippen LogP contribution in [0, 0.1) is 0 Å². The molecule has 3 N–H and O–H groups in total. The van der Waals surface area contributed by atoms with E-state index in [-0.39, 0.29) is 18.0 Å². The summed E-state index contributed by atoms with van der Waals surface area (Å²) in [4.78, 5) is 0.161. The number of aromatic nitrogens is 2. The average molecular weight is 324 g/mol. The van der Waals surface area contributed by atoms with Gasteiger partial charge in [-0.25, -0.2) is 13.1 Å². The van der Waals surface area contributed by atoms with Crippen molar-refractivity contribution in [1.29, 1.82) is 0 Å². The lowest BCUT2D eigenvalue weighted by molar-refractivity contribution is 0.266. The molecular weight excluding hydrogens is 304 g/mol. The highest BCUT2D eigenvalue weighted by Gasteiger charge is 2.20. The first-order chi connectivity index (χ1) is 10.4. The number of sulfonamides is 1. The van der Waals surface area contributed by atoms with Crippen molar-refractivity contribution in [3.63, 3.8) is 0 Å². The standard InChI is InChI=1S/C14H20N4O3S/c1-3-11-10-14(15)18(16-11)12-4-6-13(7-5-12)22(20,21)17(2)8-9-19/h4-7,10,19H,3,8-9,15H2,1-2H3. The van der Waals surface area contributed by atoms with Gasteiger partial charge in [-0.2, -0.15) is 9.40 Å². The van der Waals surface area contributed by atoms with Crippen LogP contribution in [0.5, 0.6) is 0 Å². The number of aryl methyl sites for hydroxylation is 1. The van der Waals surface area contributed by atoms with E-state index in [0.717, 1.165) is 16.4 Å². The van der Waals surface area contributed by atoms with E-state index in [1.807, 2.05) is 6.92 Å². The molecule has 1 aromatic carbocycles. The molecule has 0 aliphatic carbocycles. The third-order valence-electron chi connectivity index (χ3n) is 3.35. The summed E-state index contributed by atoms with van der Waals surface area (Å²) < 4.78 is 27.2. The Labute approximate surface area is 130 Å². The summed E-state index contributed by atoms with van der Waals surface area (Å²) in [5.74, 6) is 0.504. The summed E-state index contributed by atoms with van der Waals surface area (Å²) in [6.07, 6.45) is 0.773. The molecule has 1 heterocycles. The van der Waals surface area contributed by atoms with Crippen molar-refractivity contribution in [1.82, 2.24) is 14.1 Å². The molecule has 7 nitrogen and oxygen atoms in total. The number of hydrogen-bond donors (Lipinski definition) is 2. The fourth-order valence-electron chi connectivity index (χ4n) is 2.03. The van der Waals surface area contributed by atoms with Crippen LogP contribution >= 0.6 is 0 Å². The van der Waals surface area contributed by atoms with Gasteiger partial charge >= 0.3 is 0 Å². The summed E-state index contributed by atoms with van der Waals surface area (Å²) in [7, 11) is -2.17. The molecule has 120 valence electrons. The zero-order valence-electron chi connectivity index (χ0n) is 12.6. The Morgan fingerprint density at radius 2 is 1.95 bits per heavy atom. The Bertz CT molecular complexity index is 738. The number of hydrogen-bond acceptors (Lipinski definition) is 5. The number of aliphatic hydroxyl groups excluding tert-OH is 1. The zero-order valence-corrected chi connectivity index (χ0v) is 13.4. The maximum atomic E-state index is 12.3. The van der Waals surface area contributed by atoms with Crippen LogP contribution in [0.1, 0.15) is 12.6 Å². The number of rotatable bonds is 6. The van der Waals surface area contributed by atoms with E-state index in [9.17, 15) is 8.42 Å². The molecule has 0 atom stereocenters. The fraction of sp³-hybridized carbons (Fsp3) is 0.357. The van der Waals surface area contributed by atoms with E-state index < -0.39 is 10.0 Å². The molecule has 0 radical (unpaired) electrons. The number of nitrogen functional groups attached to an aromatic ring is 1. The van der Waals surface area contributed by atoms with E-state index in [2.05, 4.69) is 5.10 Å². The zero-order chi connectivity index (χ0) is 16.3. The molecule has 1 aromatic heterocycles. The third-order valence-corrected chi connectivity index (χ3v) is 5.23. The number of anilines is 1. The molecule has 0 bridgehead atoms. The molecule has 8 heteroatoms. The minimum absolute atomic E-state index is 0.0516. The van der Waals surface area contributed by atoms with Crippen molar-refractivity contribution < 1.29 is 13.5 Å². The largest absolute Gasteiger partial charge is 0.395 e. The molecular formula is C14H20N4O3S. The van der Waals surface area contributed by atoms with Gasteiger partial charge in [0.1, 0.15) is 5.82 Å². The van der Waals surface area contributed by atoms with Crippen molar-refractivity contribution in [2.75, 3.05) is 25.9 Å². The average Bonchev–Trinajstić information content (AvgIpc) is 2.89. The van der Waals surface area contributed by atoms with Crippen LogP contribution in [0.25, 0.3) is 5.69 Å². The van der Waals surface area contributed by atoms with Gasteiger partial charge in [0.15, 0.2) is 0 Å². The minimum atomic E-state index is -3.60. The van der Waals surface area contributed by atoms with Gasteiger partial charge in [0.2, 0.25) is 10.0 Å². The molecule has 0 aliphatic rings. The lowest BCUT2D eigenvalue weighted by atomic mass is 10.3. The minimum Gasteiger partial charge on any atom is -0.395 e. The van der Waals surface area contributed by atoms with Crippen molar-refractivity contribution >= 4 is 15.8 Å². The quantitative estimate of drug-likeness (QED) is 0.811. The van der Waals surface area contributed by atoms with Crippen molar-refractivity contribution in [2.45, 2.75) is 18.2 Å². The smallest absolute Gasteiger partial charge is 0.242 e. The molecule has 0 fully saturated rings. The highest BCUT2D eigenvalue weighted by Crippen LogP contribution is 2.19. The topological polar surface area (TPSA) is 101 Å². The number of likely N-dealkylation sites (N-methyl/N-ethyl adjacent to an activating group) is 1. The molecule has 0 saturated carbocycles. The van der Waals surface area contributed by atoms with Gasteiger partial charge in [0.25, 0.3) is 0 Å². The van der Waals surface area contributed by atoms with Gasteiger partial charge in [0.05, 0.1) is 22.9 Å². The van der Waals surface area contributed by atoms with Gasteiger partial charge < -0.3 is 10.8 Å². The molecule has 0 unspecified atom stereocenters. The molecule has 0 aliphatic heterocycles. The van der Waals surface area contributed by atoms with Gasteiger partial charge in [0, 0.05) is 19.7 Å². The highest BCUT2D eigenvalue weighted by atomic mass is 32.2. The molecule has 2 aromatic rings. The van der Waals surface area contributed by atoms with Crippen molar-refractivity contribution in [3.05, 3.63) is 36.0 Å². The Kier molecular flexibility index (Phi) is 4.84. The second-order valence-corrected chi connectivity index (χ2v) is 6.91. The third kappa shape index (κ3) is 3.13. The normalized spacial score (nSPS) is 12.0. The lowest BCUT2D eigenvalue weighted by Gasteiger charge is -2.16. The SMILES string of the molecule is CCc1cc(N)n(-c2ccc(S(=O)(=O)N(C)CCO)cc2)n1. The first kappa shape index (κ1) is 16.5. The van der Waals surface area contributed by atoms with Crippen LogP contribution in [-0.2, 0) is 16.4 Å². The van der Waals surface area contributed by atoms with E-state index in [1.165, 1.54) is 19.2 Å². The van der Waals surface area contributed by atoms with Crippen molar-refractivity contribution in [2.24, 2.45) is 0 Å². The van der Waals surface area contributed by atoms with Crippen LogP contribution in [0.15, 0.2) is 35.2 Å². The number of nitrogens with two attached hydrogens (primary N) is 1. The van der Waals surface area contributed by atoms with Gasteiger partial charge in [-0.3, -0.25) is 0 Å². The number of benzene rings is 1. The second-order valence-electron chi connectivity index (χ2n) is 4.87. The first-order valence-electron chi connectivity index (χ1n) is 6.92. The van der Waals surface area contributed by atoms with Crippen LogP contribution in [0.4, 0.5) is 5.82 Å². The van der Waals surface area contributed by atoms with Crippen LogP contribution in [0.3, 0.4) is 0 Å². The van der Waals surface area contributed by atoms with E-state index >= 15 is 0 Å². The second kappa shape index (κ2) is 6.47.